The third kappa shape index (κ3) is 3.37. The van der Waals surface area contributed by atoms with Gasteiger partial charge in [0.1, 0.15) is 12.4 Å². The molecule has 3 N–H and O–H groups in total. The highest BCUT2D eigenvalue weighted by molar-refractivity contribution is 6.05. The molecular formula is C16H13NO3. The summed E-state index contributed by atoms with van der Waals surface area (Å²) in [5, 5.41) is 20.7. The number of nitrogens with one attached hydrogen (secondary N) is 1. The van der Waals surface area contributed by atoms with Gasteiger partial charge in [0.15, 0.2) is 0 Å². The Labute approximate surface area is 116 Å². The SMILES string of the molecule is O=C(Nc1ccccc1C#CCO)c1ccc(O)cc1. The molecule has 2 aromatic carbocycles. The zero-order valence-electron chi connectivity index (χ0n) is 10.6. The van der Waals surface area contributed by atoms with Crippen LogP contribution >= 0.6 is 0 Å². The van der Waals surface area contributed by atoms with Crippen molar-refractivity contribution in [2.24, 2.45) is 0 Å². The van der Waals surface area contributed by atoms with Crippen LogP contribution in [-0.2, 0) is 0 Å². The van der Waals surface area contributed by atoms with E-state index in [1.54, 1.807) is 24.3 Å². The Hall–Kier alpha value is -2.77. The van der Waals surface area contributed by atoms with Gasteiger partial charge in [-0.1, -0.05) is 24.0 Å². The van der Waals surface area contributed by atoms with Crippen LogP contribution in [0.15, 0.2) is 48.5 Å². The summed E-state index contributed by atoms with van der Waals surface area (Å²) in [6, 6.07) is 13.1. The van der Waals surface area contributed by atoms with E-state index < -0.39 is 0 Å². The van der Waals surface area contributed by atoms with Gasteiger partial charge in [-0.05, 0) is 36.4 Å². The molecule has 0 aromatic heterocycles. The lowest BCUT2D eigenvalue weighted by Gasteiger charge is -2.07. The molecule has 0 bridgehead atoms. The number of anilines is 1. The van der Waals surface area contributed by atoms with E-state index in [4.69, 9.17) is 5.11 Å². The average molecular weight is 267 g/mol. The molecule has 100 valence electrons. The number of carbonyl (C=O) groups is 1. The van der Waals surface area contributed by atoms with E-state index in [1.165, 1.54) is 24.3 Å². The highest BCUT2D eigenvalue weighted by Gasteiger charge is 2.07. The van der Waals surface area contributed by atoms with Crippen molar-refractivity contribution in [3.8, 4) is 17.6 Å². The molecule has 0 saturated heterocycles. The minimum atomic E-state index is -0.289. The van der Waals surface area contributed by atoms with Gasteiger partial charge in [0.05, 0.1) is 5.69 Å². The van der Waals surface area contributed by atoms with E-state index in [1.807, 2.05) is 0 Å². The zero-order valence-corrected chi connectivity index (χ0v) is 10.6. The summed E-state index contributed by atoms with van der Waals surface area (Å²) in [6.07, 6.45) is 0. The quantitative estimate of drug-likeness (QED) is 0.729. The summed E-state index contributed by atoms with van der Waals surface area (Å²) in [5.41, 5.74) is 1.65. The molecule has 1 amide bonds. The van der Waals surface area contributed by atoms with Crippen LogP contribution in [0.3, 0.4) is 0 Å². The first-order valence-electron chi connectivity index (χ1n) is 6.00. The highest BCUT2D eigenvalue weighted by atomic mass is 16.3. The molecule has 4 heteroatoms. The minimum Gasteiger partial charge on any atom is -0.508 e. The summed E-state index contributed by atoms with van der Waals surface area (Å²) in [4.78, 5) is 12.1. The van der Waals surface area contributed by atoms with Gasteiger partial charge in [0.2, 0.25) is 0 Å². The van der Waals surface area contributed by atoms with Crippen LogP contribution in [-0.4, -0.2) is 22.7 Å². The number of rotatable bonds is 2. The van der Waals surface area contributed by atoms with Crippen molar-refractivity contribution in [1.82, 2.24) is 0 Å². The largest absolute Gasteiger partial charge is 0.508 e. The number of para-hydroxylation sites is 1. The third-order valence-corrected chi connectivity index (χ3v) is 2.61. The summed E-state index contributed by atoms with van der Waals surface area (Å²) >= 11 is 0. The molecule has 0 saturated carbocycles. The topological polar surface area (TPSA) is 69.6 Å². The first kappa shape index (κ1) is 13.7. The van der Waals surface area contributed by atoms with Gasteiger partial charge in [-0.15, -0.1) is 0 Å². The molecular weight excluding hydrogens is 254 g/mol. The number of aromatic hydroxyl groups is 1. The van der Waals surface area contributed by atoms with Crippen molar-refractivity contribution >= 4 is 11.6 Å². The Morgan fingerprint density at radius 3 is 2.50 bits per heavy atom. The molecule has 0 aliphatic carbocycles. The fraction of sp³-hybridized carbons (Fsp3) is 0.0625. The molecule has 0 unspecified atom stereocenters. The lowest BCUT2D eigenvalue weighted by Crippen LogP contribution is -2.12. The van der Waals surface area contributed by atoms with Crippen LogP contribution in [0.25, 0.3) is 0 Å². The van der Waals surface area contributed by atoms with E-state index in [2.05, 4.69) is 17.2 Å². The van der Waals surface area contributed by atoms with Crippen molar-refractivity contribution in [1.29, 1.82) is 0 Å². The standard InChI is InChI=1S/C16H13NO3/c18-11-3-5-12-4-1-2-6-15(12)17-16(20)13-7-9-14(19)10-8-13/h1-2,4,6-10,18-19H,11H2,(H,17,20). The summed E-state index contributed by atoms with van der Waals surface area (Å²) in [6.45, 7) is -0.236. The van der Waals surface area contributed by atoms with Gasteiger partial charge in [-0.2, -0.15) is 0 Å². The Balaban J connectivity index is 2.21. The van der Waals surface area contributed by atoms with Gasteiger partial charge in [0, 0.05) is 11.1 Å². The highest BCUT2D eigenvalue weighted by Crippen LogP contribution is 2.16. The second kappa shape index (κ2) is 6.41. The lowest BCUT2D eigenvalue weighted by molar-refractivity contribution is 0.102. The van der Waals surface area contributed by atoms with Crippen molar-refractivity contribution in [3.63, 3.8) is 0 Å². The molecule has 0 aliphatic rings. The summed E-state index contributed by atoms with van der Waals surface area (Å²) in [5.74, 6) is 5.14. The van der Waals surface area contributed by atoms with Crippen molar-refractivity contribution in [2.45, 2.75) is 0 Å². The summed E-state index contributed by atoms with van der Waals surface area (Å²) in [7, 11) is 0. The first-order valence-corrected chi connectivity index (χ1v) is 6.00. The van der Waals surface area contributed by atoms with Crippen LogP contribution < -0.4 is 5.32 Å². The maximum atomic E-state index is 12.1. The van der Waals surface area contributed by atoms with Crippen molar-refractivity contribution in [3.05, 3.63) is 59.7 Å². The smallest absolute Gasteiger partial charge is 0.255 e. The number of benzene rings is 2. The molecule has 20 heavy (non-hydrogen) atoms. The molecule has 4 nitrogen and oxygen atoms in total. The number of phenolic OH excluding ortho intramolecular Hbond substituents is 1. The predicted octanol–water partition coefficient (Wildman–Crippen LogP) is 1.99. The minimum absolute atomic E-state index is 0.107. The van der Waals surface area contributed by atoms with Crippen molar-refractivity contribution < 1.29 is 15.0 Å². The Kier molecular flexibility index (Phi) is 4.38. The second-order valence-corrected chi connectivity index (χ2v) is 4.01. The van der Waals surface area contributed by atoms with E-state index in [9.17, 15) is 9.90 Å². The number of hydrogen-bond acceptors (Lipinski definition) is 3. The van der Waals surface area contributed by atoms with Gasteiger partial charge in [-0.3, -0.25) is 4.79 Å². The molecule has 0 aliphatic heterocycles. The molecule has 2 rings (SSSR count). The number of aliphatic hydroxyl groups excluding tert-OH is 1. The predicted molar refractivity (Wildman–Crippen MR) is 76.5 cm³/mol. The van der Waals surface area contributed by atoms with Crippen LogP contribution in [0, 0.1) is 11.8 Å². The molecule has 0 radical (unpaired) electrons. The van der Waals surface area contributed by atoms with Crippen LogP contribution in [0.2, 0.25) is 0 Å². The molecule has 0 heterocycles. The Morgan fingerprint density at radius 2 is 1.80 bits per heavy atom. The third-order valence-electron chi connectivity index (χ3n) is 2.61. The number of carbonyl (C=O) groups excluding carboxylic acids is 1. The Morgan fingerprint density at radius 1 is 1.10 bits per heavy atom. The van der Waals surface area contributed by atoms with E-state index in [-0.39, 0.29) is 18.3 Å². The second-order valence-electron chi connectivity index (χ2n) is 4.01. The van der Waals surface area contributed by atoms with Gasteiger partial charge < -0.3 is 15.5 Å². The van der Waals surface area contributed by atoms with Gasteiger partial charge in [-0.25, -0.2) is 0 Å². The molecule has 0 spiro atoms. The first-order chi connectivity index (χ1) is 9.70. The number of amides is 1. The van der Waals surface area contributed by atoms with E-state index in [0.717, 1.165) is 0 Å². The van der Waals surface area contributed by atoms with Gasteiger partial charge in [0.25, 0.3) is 5.91 Å². The molecule has 0 fully saturated rings. The molecule has 2 aromatic rings. The van der Waals surface area contributed by atoms with Crippen molar-refractivity contribution in [2.75, 3.05) is 11.9 Å². The van der Waals surface area contributed by atoms with Crippen LogP contribution in [0.4, 0.5) is 5.69 Å². The lowest BCUT2D eigenvalue weighted by atomic mass is 10.1. The number of aliphatic hydroxyl groups is 1. The monoisotopic (exact) mass is 267 g/mol. The zero-order chi connectivity index (χ0) is 14.4. The van der Waals surface area contributed by atoms with Crippen LogP contribution in [0.5, 0.6) is 5.75 Å². The number of hydrogen-bond donors (Lipinski definition) is 3. The van der Waals surface area contributed by atoms with Crippen LogP contribution in [0.1, 0.15) is 15.9 Å². The van der Waals surface area contributed by atoms with E-state index in [0.29, 0.717) is 16.8 Å². The fourth-order valence-corrected chi connectivity index (χ4v) is 1.64. The maximum absolute atomic E-state index is 12.1. The fourth-order valence-electron chi connectivity index (χ4n) is 1.64. The number of phenols is 1. The van der Waals surface area contributed by atoms with Gasteiger partial charge >= 0.3 is 0 Å². The Bertz CT molecular complexity index is 666. The summed E-state index contributed by atoms with van der Waals surface area (Å²) < 4.78 is 0. The molecule has 0 atom stereocenters. The van der Waals surface area contributed by atoms with E-state index >= 15 is 0 Å². The normalized spacial score (nSPS) is 9.45. The maximum Gasteiger partial charge on any atom is 0.255 e. The average Bonchev–Trinajstić information content (AvgIpc) is 2.47.